The SMILES string of the molecule is CSCC(C)NC(=O)N1Cc2ccc(C(=O)O)cc2C1. The molecule has 5 nitrogen and oxygen atoms in total. The van der Waals surface area contributed by atoms with Crippen LogP contribution < -0.4 is 5.32 Å². The Morgan fingerprint density at radius 3 is 2.75 bits per heavy atom. The van der Waals surface area contributed by atoms with Crippen molar-refractivity contribution in [1.29, 1.82) is 0 Å². The van der Waals surface area contributed by atoms with E-state index in [1.54, 1.807) is 34.9 Å². The van der Waals surface area contributed by atoms with Gasteiger partial charge in [0.05, 0.1) is 5.56 Å². The van der Waals surface area contributed by atoms with Gasteiger partial charge in [-0.05, 0) is 36.4 Å². The van der Waals surface area contributed by atoms with Gasteiger partial charge in [0.1, 0.15) is 0 Å². The maximum Gasteiger partial charge on any atom is 0.335 e. The van der Waals surface area contributed by atoms with Crippen molar-refractivity contribution in [1.82, 2.24) is 10.2 Å². The van der Waals surface area contributed by atoms with E-state index in [4.69, 9.17) is 5.11 Å². The Morgan fingerprint density at radius 1 is 1.40 bits per heavy atom. The van der Waals surface area contributed by atoms with Gasteiger partial charge in [-0.25, -0.2) is 9.59 Å². The number of nitrogens with zero attached hydrogens (tertiary/aromatic N) is 1. The monoisotopic (exact) mass is 294 g/mol. The Kier molecular flexibility index (Phi) is 4.54. The van der Waals surface area contributed by atoms with Crippen LogP contribution in [0.3, 0.4) is 0 Å². The summed E-state index contributed by atoms with van der Waals surface area (Å²) in [5.41, 5.74) is 2.20. The summed E-state index contributed by atoms with van der Waals surface area (Å²) >= 11 is 1.69. The number of thioether (sulfide) groups is 1. The molecule has 20 heavy (non-hydrogen) atoms. The van der Waals surface area contributed by atoms with E-state index in [1.807, 2.05) is 13.2 Å². The van der Waals surface area contributed by atoms with Crippen LogP contribution in [-0.4, -0.2) is 40.1 Å². The minimum Gasteiger partial charge on any atom is -0.478 e. The number of hydrogen-bond donors (Lipinski definition) is 2. The largest absolute Gasteiger partial charge is 0.478 e. The van der Waals surface area contributed by atoms with Crippen molar-refractivity contribution in [3.8, 4) is 0 Å². The minimum absolute atomic E-state index is 0.0976. The lowest BCUT2D eigenvalue weighted by atomic mass is 10.1. The summed E-state index contributed by atoms with van der Waals surface area (Å²) in [4.78, 5) is 24.7. The number of fused-ring (bicyclic) bond motifs is 1. The van der Waals surface area contributed by atoms with Crippen LogP contribution in [0.5, 0.6) is 0 Å². The molecule has 0 aliphatic carbocycles. The third-order valence-corrected chi connectivity index (χ3v) is 4.08. The predicted octanol–water partition coefficient (Wildman–Crippen LogP) is 2.16. The topological polar surface area (TPSA) is 69.6 Å². The van der Waals surface area contributed by atoms with E-state index in [2.05, 4.69) is 5.32 Å². The molecule has 0 saturated carbocycles. The molecule has 1 heterocycles. The van der Waals surface area contributed by atoms with Crippen LogP contribution >= 0.6 is 11.8 Å². The second-order valence-electron chi connectivity index (χ2n) is 4.95. The molecular weight excluding hydrogens is 276 g/mol. The molecule has 0 bridgehead atoms. The van der Waals surface area contributed by atoms with Gasteiger partial charge in [-0.3, -0.25) is 0 Å². The molecule has 2 amide bonds. The minimum atomic E-state index is -0.940. The van der Waals surface area contributed by atoms with E-state index in [1.165, 1.54) is 0 Å². The highest BCUT2D eigenvalue weighted by molar-refractivity contribution is 7.98. The highest BCUT2D eigenvalue weighted by Gasteiger charge is 2.24. The van der Waals surface area contributed by atoms with Gasteiger partial charge in [-0.15, -0.1) is 0 Å². The van der Waals surface area contributed by atoms with Gasteiger partial charge in [0, 0.05) is 24.9 Å². The van der Waals surface area contributed by atoms with E-state index in [9.17, 15) is 9.59 Å². The van der Waals surface area contributed by atoms with Gasteiger partial charge in [0.25, 0.3) is 0 Å². The second-order valence-corrected chi connectivity index (χ2v) is 5.86. The maximum absolute atomic E-state index is 12.1. The molecule has 1 atom stereocenters. The van der Waals surface area contributed by atoms with Crippen molar-refractivity contribution < 1.29 is 14.7 Å². The molecule has 1 aliphatic heterocycles. The summed E-state index contributed by atoms with van der Waals surface area (Å²) in [5, 5.41) is 11.9. The third-order valence-electron chi connectivity index (χ3n) is 3.25. The smallest absolute Gasteiger partial charge is 0.335 e. The standard InChI is InChI=1S/C14H18N2O3S/c1-9(8-20-2)15-14(19)16-6-11-4-3-10(13(17)18)5-12(11)7-16/h3-5,9H,6-8H2,1-2H3,(H,15,19)(H,17,18). The fraction of sp³-hybridized carbons (Fsp3) is 0.429. The van der Waals surface area contributed by atoms with Crippen molar-refractivity contribution in [3.05, 3.63) is 34.9 Å². The van der Waals surface area contributed by atoms with E-state index < -0.39 is 5.97 Å². The number of aromatic carboxylic acids is 1. The Balaban J connectivity index is 2.02. The molecular formula is C14H18N2O3S. The van der Waals surface area contributed by atoms with Gasteiger partial charge in [0.2, 0.25) is 0 Å². The van der Waals surface area contributed by atoms with Crippen LogP contribution in [0.4, 0.5) is 4.79 Å². The van der Waals surface area contributed by atoms with E-state index >= 15 is 0 Å². The quantitative estimate of drug-likeness (QED) is 0.893. The number of carboxylic acid groups (broad SMARTS) is 1. The zero-order chi connectivity index (χ0) is 14.7. The number of carbonyl (C=O) groups excluding carboxylic acids is 1. The molecule has 0 radical (unpaired) electrons. The van der Waals surface area contributed by atoms with Crippen LogP contribution in [0.25, 0.3) is 0 Å². The van der Waals surface area contributed by atoms with Crippen molar-refractivity contribution in [3.63, 3.8) is 0 Å². The molecule has 2 N–H and O–H groups in total. The number of nitrogens with one attached hydrogen (secondary N) is 1. The van der Waals surface area contributed by atoms with Gasteiger partial charge in [-0.2, -0.15) is 11.8 Å². The Hall–Kier alpha value is -1.69. The van der Waals surface area contributed by atoms with Crippen LogP contribution in [0.2, 0.25) is 0 Å². The van der Waals surface area contributed by atoms with Gasteiger partial charge >= 0.3 is 12.0 Å². The first-order valence-corrected chi connectivity index (χ1v) is 7.80. The zero-order valence-corrected chi connectivity index (χ0v) is 12.4. The predicted molar refractivity (Wildman–Crippen MR) is 79.0 cm³/mol. The number of rotatable bonds is 4. The Labute approximate surface area is 122 Å². The average Bonchev–Trinajstić information content (AvgIpc) is 2.81. The number of carboxylic acids is 1. The summed E-state index contributed by atoms with van der Waals surface area (Å²) in [5.74, 6) is -0.0697. The fourth-order valence-corrected chi connectivity index (χ4v) is 2.85. The van der Waals surface area contributed by atoms with Crippen molar-refractivity contribution in [2.24, 2.45) is 0 Å². The summed E-state index contributed by atoms with van der Waals surface area (Å²) < 4.78 is 0. The molecule has 0 fully saturated rings. The number of carbonyl (C=O) groups is 2. The Bertz CT molecular complexity index is 533. The molecule has 1 aromatic carbocycles. The lowest BCUT2D eigenvalue weighted by Gasteiger charge is -2.20. The number of hydrogen-bond acceptors (Lipinski definition) is 3. The highest BCUT2D eigenvalue weighted by Crippen LogP contribution is 2.24. The first-order chi connectivity index (χ1) is 9.51. The van der Waals surface area contributed by atoms with Crippen molar-refractivity contribution >= 4 is 23.8 Å². The van der Waals surface area contributed by atoms with Crippen molar-refractivity contribution in [2.75, 3.05) is 12.0 Å². The molecule has 0 aromatic heterocycles. The lowest BCUT2D eigenvalue weighted by molar-refractivity contribution is 0.0696. The first-order valence-electron chi connectivity index (χ1n) is 6.40. The molecule has 0 spiro atoms. The molecule has 6 heteroatoms. The molecule has 1 aromatic rings. The number of amides is 2. The zero-order valence-electron chi connectivity index (χ0n) is 11.5. The number of benzene rings is 1. The van der Waals surface area contributed by atoms with Crippen LogP contribution in [0.1, 0.15) is 28.4 Å². The second kappa shape index (κ2) is 6.17. The molecule has 2 rings (SSSR count). The van der Waals surface area contributed by atoms with E-state index in [0.717, 1.165) is 16.9 Å². The first kappa shape index (κ1) is 14.7. The van der Waals surface area contributed by atoms with Crippen LogP contribution in [-0.2, 0) is 13.1 Å². The molecule has 108 valence electrons. The van der Waals surface area contributed by atoms with Gasteiger partial charge in [-0.1, -0.05) is 6.07 Å². The van der Waals surface area contributed by atoms with Gasteiger partial charge in [0.15, 0.2) is 0 Å². The molecule has 1 unspecified atom stereocenters. The summed E-state index contributed by atoms with van der Waals surface area (Å²) in [6.07, 6.45) is 2.00. The molecule has 1 aliphatic rings. The summed E-state index contributed by atoms with van der Waals surface area (Å²) in [7, 11) is 0. The summed E-state index contributed by atoms with van der Waals surface area (Å²) in [6, 6.07) is 5.04. The maximum atomic E-state index is 12.1. The number of urea groups is 1. The summed E-state index contributed by atoms with van der Waals surface area (Å²) in [6.45, 7) is 2.97. The van der Waals surface area contributed by atoms with E-state index in [-0.39, 0.29) is 17.6 Å². The highest BCUT2D eigenvalue weighted by atomic mass is 32.2. The fourth-order valence-electron chi connectivity index (χ4n) is 2.26. The molecule has 0 saturated heterocycles. The van der Waals surface area contributed by atoms with Crippen LogP contribution in [0, 0.1) is 0 Å². The third kappa shape index (κ3) is 3.25. The normalized spacial score (nSPS) is 14.8. The van der Waals surface area contributed by atoms with Gasteiger partial charge < -0.3 is 15.3 Å². The lowest BCUT2D eigenvalue weighted by Crippen LogP contribution is -2.42. The van der Waals surface area contributed by atoms with E-state index in [0.29, 0.717) is 13.1 Å². The Morgan fingerprint density at radius 2 is 2.10 bits per heavy atom. The van der Waals surface area contributed by atoms with Crippen molar-refractivity contribution in [2.45, 2.75) is 26.1 Å². The average molecular weight is 294 g/mol. The van der Waals surface area contributed by atoms with Crippen LogP contribution in [0.15, 0.2) is 18.2 Å².